The summed E-state index contributed by atoms with van der Waals surface area (Å²) in [6.07, 6.45) is 1.44. The first-order valence-electron chi connectivity index (χ1n) is 5.77. The van der Waals surface area contributed by atoms with Crippen molar-refractivity contribution in [2.75, 3.05) is 13.1 Å². The lowest BCUT2D eigenvalue weighted by atomic mass is 9.63. The second-order valence-corrected chi connectivity index (χ2v) is 3.57. The van der Waals surface area contributed by atoms with Crippen LogP contribution in [0.5, 0.6) is 0 Å². The van der Waals surface area contributed by atoms with Crippen LogP contribution in [-0.4, -0.2) is 18.1 Å². The average Bonchev–Trinajstić information content (AvgIpc) is 2.23. The Kier molecular flexibility index (Phi) is 6.35. The van der Waals surface area contributed by atoms with Gasteiger partial charge in [0.2, 0.25) is 0 Å². The zero-order valence-corrected chi connectivity index (χ0v) is 9.88. The lowest BCUT2D eigenvalue weighted by Crippen LogP contribution is -2.56. The molecule has 0 aromatic carbocycles. The molecular formula is C11H26N2. The van der Waals surface area contributed by atoms with Gasteiger partial charge in [-0.3, -0.25) is 5.84 Å². The molecule has 2 aliphatic heterocycles. The fourth-order valence-electron chi connectivity index (χ4n) is 2.17. The molecule has 3 rings (SSSR count). The van der Waals surface area contributed by atoms with Crippen molar-refractivity contribution in [3.63, 3.8) is 0 Å². The third-order valence-corrected chi connectivity index (χ3v) is 3.03. The van der Waals surface area contributed by atoms with Gasteiger partial charge in [0, 0.05) is 13.1 Å². The van der Waals surface area contributed by atoms with E-state index in [9.17, 15) is 0 Å². The minimum absolute atomic E-state index is 0.925. The SMILES string of the molecule is CC.CC.CC1C2CC1CN(N)C2. The Morgan fingerprint density at radius 1 is 1.00 bits per heavy atom. The number of hydrogen-bond acceptors (Lipinski definition) is 2. The monoisotopic (exact) mass is 186 g/mol. The third-order valence-electron chi connectivity index (χ3n) is 3.03. The molecule has 0 amide bonds. The van der Waals surface area contributed by atoms with Crippen molar-refractivity contribution in [3.8, 4) is 0 Å². The molecule has 2 heterocycles. The van der Waals surface area contributed by atoms with Gasteiger partial charge in [0.25, 0.3) is 0 Å². The summed E-state index contributed by atoms with van der Waals surface area (Å²) in [5.74, 6) is 8.46. The molecule has 1 aliphatic carbocycles. The van der Waals surface area contributed by atoms with E-state index in [-0.39, 0.29) is 0 Å². The summed E-state index contributed by atoms with van der Waals surface area (Å²) < 4.78 is 0. The van der Waals surface area contributed by atoms with E-state index >= 15 is 0 Å². The highest BCUT2D eigenvalue weighted by molar-refractivity contribution is 4.93. The topological polar surface area (TPSA) is 29.3 Å². The van der Waals surface area contributed by atoms with Crippen LogP contribution in [-0.2, 0) is 0 Å². The summed E-state index contributed by atoms with van der Waals surface area (Å²) >= 11 is 0. The van der Waals surface area contributed by atoms with Crippen LogP contribution in [0.25, 0.3) is 0 Å². The van der Waals surface area contributed by atoms with Crippen LogP contribution in [0.1, 0.15) is 41.0 Å². The number of hydrogen-bond donors (Lipinski definition) is 1. The normalized spacial score (nSPS) is 36.0. The first-order chi connectivity index (χ1) is 6.27. The number of nitrogens with two attached hydrogens (primary N) is 1. The van der Waals surface area contributed by atoms with Gasteiger partial charge in [0.05, 0.1) is 0 Å². The lowest BCUT2D eigenvalue weighted by Gasteiger charge is -2.51. The van der Waals surface area contributed by atoms with E-state index in [1.54, 1.807) is 0 Å². The van der Waals surface area contributed by atoms with Crippen molar-refractivity contribution in [1.82, 2.24) is 5.01 Å². The second kappa shape index (κ2) is 6.39. The Hall–Kier alpha value is -0.0800. The Labute approximate surface area is 83.5 Å². The van der Waals surface area contributed by atoms with Gasteiger partial charge in [-0.1, -0.05) is 34.6 Å². The van der Waals surface area contributed by atoms with E-state index in [4.69, 9.17) is 5.84 Å². The summed E-state index contributed by atoms with van der Waals surface area (Å²) in [5, 5.41) is 1.97. The molecule has 3 fully saturated rings. The first-order valence-corrected chi connectivity index (χ1v) is 5.77. The van der Waals surface area contributed by atoms with Crippen LogP contribution in [0.3, 0.4) is 0 Å². The summed E-state index contributed by atoms with van der Waals surface area (Å²) in [6, 6.07) is 0. The predicted molar refractivity (Wildman–Crippen MR) is 59.2 cm³/mol. The summed E-state index contributed by atoms with van der Waals surface area (Å²) in [5.41, 5.74) is 0. The van der Waals surface area contributed by atoms with E-state index in [0.29, 0.717) is 0 Å². The summed E-state index contributed by atoms with van der Waals surface area (Å²) in [4.78, 5) is 0. The van der Waals surface area contributed by atoms with Crippen LogP contribution in [0.15, 0.2) is 0 Å². The van der Waals surface area contributed by atoms with Crippen molar-refractivity contribution in [2.45, 2.75) is 41.0 Å². The van der Waals surface area contributed by atoms with Gasteiger partial charge in [-0.25, -0.2) is 5.01 Å². The molecule has 0 aromatic heterocycles. The standard InChI is InChI=1S/C7H14N2.2C2H6/c1-5-6-2-7(5)4-9(8)3-6;2*1-2/h5-7H,2-4,8H2,1H3;2*1-2H3. The molecule has 2 bridgehead atoms. The quantitative estimate of drug-likeness (QED) is 0.589. The molecular weight excluding hydrogens is 160 g/mol. The fraction of sp³-hybridized carbons (Fsp3) is 1.00. The number of piperidine rings is 2. The smallest absolute Gasteiger partial charge is 0.0159 e. The predicted octanol–water partition coefficient (Wildman–Crippen LogP) is 2.50. The molecule has 2 nitrogen and oxygen atoms in total. The van der Waals surface area contributed by atoms with Crippen molar-refractivity contribution in [2.24, 2.45) is 23.6 Å². The number of hydrazine groups is 1. The van der Waals surface area contributed by atoms with E-state index in [0.717, 1.165) is 30.8 Å². The van der Waals surface area contributed by atoms with Crippen LogP contribution in [0, 0.1) is 17.8 Å². The maximum atomic E-state index is 5.65. The van der Waals surface area contributed by atoms with Gasteiger partial charge in [-0.2, -0.15) is 0 Å². The second-order valence-electron chi connectivity index (χ2n) is 3.57. The molecule has 0 spiro atoms. The Balaban J connectivity index is 0.000000322. The molecule has 3 aliphatic rings. The van der Waals surface area contributed by atoms with Crippen LogP contribution < -0.4 is 5.84 Å². The van der Waals surface area contributed by atoms with Crippen LogP contribution >= 0.6 is 0 Å². The number of nitrogens with zero attached hydrogens (tertiary/aromatic N) is 1. The number of rotatable bonds is 0. The van der Waals surface area contributed by atoms with Crippen molar-refractivity contribution in [3.05, 3.63) is 0 Å². The van der Waals surface area contributed by atoms with E-state index in [1.807, 2.05) is 32.7 Å². The summed E-state index contributed by atoms with van der Waals surface area (Å²) in [7, 11) is 0. The molecule has 0 radical (unpaired) electrons. The van der Waals surface area contributed by atoms with E-state index in [1.165, 1.54) is 6.42 Å². The van der Waals surface area contributed by atoms with Crippen molar-refractivity contribution in [1.29, 1.82) is 0 Å². The Bertz CT molecular complexity index is 113. The minimum Gasteiger partial charge on any atom is -0.269 e. The molecule has 1 saturated carbocycles. The molecule has 2 saturated heterocycles. The van der Waals surface area contributed by atoms with Crippen molar-refractivity contribution < 1.29 is 0 Å². The zero-order chi connectivity index (χ0) is 10.4. The lowest BCUT2D eigenvalue weighted by molar-refractivity contribution is -0.0335. The van der Waals surface area contributed by atoms with Gasteiger partial charge in [0.1, 0.15) is 0 Å². The van der Waals surface area contributed by atoms with Crippen LogP contribution in [0.4, 0.5) is 0 Å². The average molecular weight is 186 g/mol. The Morgan fingerprint density at radius 3 is 1.62 bits per heavy atom. The Morgan fingerprint density at radius 2 is 1.38 bits per heavy atom. The van der Waals surface area contributed by atoms with Crippen LogP contribution in [0.2, 0.25) is 0 Å². The number of fused-ring (bicyclic) bond motifs is 2. The third kappa shape index (κ3) is 2.96. The maximum Gasteiger partial charge on any atom is 0.0159 e. The minimum atomic E-state index is 0.925. The van der Waals surface area contributed by atoms with Gasteiger partial charge in [0.15, 0.2) is 0 Å². The fourth-order valence-corrected chi connectivity index (χ4v) is 2.17. The maximum absolute atomic E-state index is 5.65. The van der Waals surface area contributed by atoms with Gasteiger partial charge in [-0.15, -0.1) is 0 Å². The van der Waals surface area contributed by atoms with Crippen molar-refractivity contribution >= 4 is 0 Å². The van der Waals surface area contributed by atoms with Gasteiger partial charge >= 0.3 is 0 Å². The van der Waals surface area contributed by atoms with E-state index < -0.39 is 0 Å². The highest BCUT2D eigenvalue weighted by atomic mass is 15.4. The van der Waals surface area contributed by atoms with Gasteiger partial charge in [-0.05, 0) is 24.2 Å². The summed E-state index contributed by atoms with van der Waals surface area (Å²) in [6.45, 7) is 12.6. The molecule has 2 unspecified atom stereocenters. The highest BCUT2D eigenvalue weighted by Gasteiger charge is 2.42. The largest absolute Gasteiger partial charge is 0.269 e. The molecule has 0 aromatic rings. The molecule has 13 heavy (non-hydrogen) atoms. The highest BCUT2D eigenvalue weighted by Crippen LogP contribution is 2.43. The zero-order valence-electron chi connectivity index (χ0n) is 9.88. The molecule has 2 N–H and O–H groups in total. The molecule has 2 atom stereocenters. The first kappa shape index (κ1) is 12.9. The van der Waals surface area contributed by atoms with Gasteiger partial charge < -0.3 is 0 Å². The molecule has 2 heteroatoms. The van der Waals surface area contributed by atoms with E-state index in [2.05, 4.69) is 6.92 Å². The molecule has 80 valence electrons.